The predicted octanol–water partition coefficient (Wildman–Crippen LogP) is 3.62. The van der Waals surface area contributed by atoms with Crippen LogP contribution >= 0.6 is 15.9 Å². The van der Waals surface area contributed by atoms with Gasteiger partial charge in [-0.05, 0) is 60.0 Å². The summed E-state index contributed by atoms with van der Waals surface area (Å²) in [7, 11) is 0. The second-order valence-corrected chi connectivity index (χ2v) is 5.62. The minimum Gasteiger partial charge on any atom is -0.369 e. The minimum absolute atomic E-state index is 0.665. The van der Waals surface area contributed by atoms with E-state index in [1.807, 2.05) is 17.1 Å². The van der Waals surface area contributed by atoms with E-state index in [0.29, 0.717) is 6.04 Å². The summed E-state index contributed by atoms with van der Waals surface area (Å²) >= 11 is 3.37. The van der Waals surface area contributed by atoms with Crippen molar-refractivity contribution >= 4 is 21.6 Å². The second kappa shape index (κ2) is 4.76. The van der Waals surface area contributed by atoms with E-state index >= 15 is 0 Å². The van der Waals surface area contributed by atoms with E-state index in [4.69, 9.17) is 0 Å². The van der Waals surface area contributed by atoms with Gasteiger partial charge in [0.15, 0.2) is 0 Å². The van der Waals surface area contributed by atoms with Gasteiger partial charge in [-0.25, -0.2) is 4.98 Å². The molecule has 1 unspecified atom stereocenters. The van der Waals surface area contributed by atoms with Gasteiger partial charge in [-0.1, -0.05) is 0 Å². The van der Waals surface area contributed by atoms with Gasteiger partial charge in [-0.3, -0.25) is 0 Å². The molecule has 0 amide bonds. The van der Waals surface area contributed by atoms with Crippen molar-refractivity contribution in [3.8, 4) is 5.69 Å². The zero-order chi connectivity index (χ0) is 12.5. The van der Waals surface area contributed by atoms with Crippen molar-refractivity contribution in [2.24, 2.45) is 0 Å². The summed E-state index contributed by atoms with van der Waals surface area (Å²) in [5.41, 5.74) is 2.46. The summed E-state index contributed by atoms with van der Waals surface area (Å²) in [6.45, 7) is 3.48. The van der Waals surface area contributed by atoms with Gasteiger partial charge in [0.25, 0.3) is 0 Å². The van der Waals surface area contributed by atoms with Gasteiger partial charge in [-0.2, -0.15) is 0 Å². The van der Waals surface area contributed by atoms with Crippen molar-refractivity contribution in [3.63, 3.8) is 0 Å². The monoisotopic (exact) mass is 305 g/mol. The summed E-state index contributed by atoms with van der Waals surface area (Å²) in [6, 6.07) is 9.36. The number of anilines is 1. The molecule has 3 nitrogen and oxygen atoms in total. The van der Waals surface area contributed by atoms with E-state index in [0.717, 1.165) is 10.3 Å². The van der Waals surface area contributed by atoms with Gasteiger partial charge in [0.1, 0.15) is 10.9 Å². The highest BCUT2D eigenvalue weighted by molar-refractivity contribution is 9.10. The van der Waals surface area contributed by atoms with Crippen LogP contribution in [0.3, 0.4) is 0 Å². The SMILES string of the molecule is CC1CCCN1c1ccc(-n2cnc(Br)c2)cc1. The molecule has 2 heterocycles. The number of benzene rings is 1. The summed E-state index contributed by atoms with van der Waals surface area (Å²) in [6.07, 6.45) is 6.39. The summed E-state index contributed by atoms with van der Waals surface area (Å²) in [4.78, 5) is 6.65. The van der Waals surface area contributed by atoms with Crippen LogP contribution in [0.15, 0.2) is 41.4 Å². The Kier molecular flexibility index (Phi) is 3.12. The van der Waals surface area contributed by atoms with Crippen molar-refractivity contribution in [2.75, 3.05) is 11.4 Å². The maximum atomic E-state index is 4.17. The van der Waals surface area contributed by atoms with E-state index in [1.165, 1.54) is 25.1 Å². The fraction of sp³-hybridized carbons (Fsp3) is 0.357. The molecule has 1 fully saturated rings. The fourth-order valence-electron chi connectivity index (χ4n) is 2.57. The standard InChI is InChI=1S/C14H16BrN3/c1-11-3-2-8-18(11)13-6-4-12(5-7-13)17-9-14(15)16-10-17/h4-7,9-11H,2-3,8H2,1H3. The predicted molar refractivity (Wildman–Crippen MR) is 77.3 cm³/mol. The van der Waals surface area contributed by atoms with Crippen molar-refractivity contribution in [2.45, 2.75) is 25.8 Å². The highest BCUT2D eigenvalue weighted by Gasteiger charge is 2.20. The fourth-order valence-corrected chi connectivity index (χ4v) is 2.89. The molecule has 3 rings (SSSR count). The van der Waals surface area contributed by atoms with Crippen LogP contribution in [0, 0.1) is 0 Å². The van der Waals surface area contributed by atoms with Gasteiger partial charge in [0, 0.05) is 30.2 Å². The number of halogens is 1. The Morgan fingerprint density at radius 2 is 1.94 bits per heavy atom. The Hall–Kier alpha value is -1.29. The van der Waals surface area contributed by atoms with Crippen molar-refractivity contribution in [3.05, 3.63) is 41.4 Å². The molecule has 18 heavy (non-hydrogen) atoms. The van der Waals surface area contributed by atoms with E-state index in [2.05, 4.69) is 57.0 Å². The normalized spacial score (nSPS) is 19.4. The molecule has 0 aliphatic carbocycles. The lowest BCUT2D eigenvalue weighted by atomic mass is 10.2. The second-order valence-electron chi connectivity index (χ2n) is 4.80. The van der Waals surface area contributed by atoms with E-state index in [1.54, 1.807) is 0 Å². The third-order valence-electron chi connectivity index (χ3n) is 3.58. The van der Waals surface area contributed by atoms with Gasteiger partial charge in [-0.15, -0.1) is 0 Å². The van der Waals surface area contributed by atoms with Crippen LogP contribution in [-0.4, -0.2) is 22.1 Å². The number of aromatic nitrogens is 2. The van der Waals surface area contributed by atoms with Gasteiger partial charge in [0.05, 0.1) is 0 Å². The van der Waals surface area contributed by atoms with Crippen molar-refractivity contribution < 1.29 is 0 Å². The molecular formula is C14H16BrN3. The summed E-state index contributed by atoms with van der Waals surface area (Å²) in [5.74, 6) is 0. The van der Waals surface area contributed by atoms with E-state index in [-0.39, 0.29) is 0 Å². The smallest absolute Gasteiger partial charge is 0.124 e. The van der Waals surface area contributed by atoms with Crippen LogP contribution in [0.25, 0.3) is 5.69 Å². The Morgan fingerprint density at radius 1 is 1.22 bits per heavy atom. The van der Waals surface area contributed by atoms with Crippen LogP contribution < -0.4 is 4.90 Å². The molecular weight excluding hydrogens is 290 g/mol. The Bertz CT molecular complexity index is 532. The third-order valence-corrected chi connectivity index (χ3v) is 3.99. The molecule has 1 aromatic carbocycles. The molecule has 1 aromatic heterocycles. The maximum absolute atomic E-state index is 4.17. The number of hydrogen-bond acceptors (Lipinski definition) is 2. The van der Waals surface area contributed by atoms with Gasteiger partial charge in [0.2, 0.25) is 0 Å². The van der Waals surface area contributed by atoms with Crippen LogP contribution in [-0.2, 0) is 0 Å². The first-order chi connectivity index (χ1) is 8.74. The molecule has 1 aliphatic rings. The largest absolute Gasteiger partial charge is 0.369 e. The van der Waals surface area contributed by atoms with E-state index in [9.17, 15) is 0 Å². The molecule has 1 atom stereocenters. The van der Waals surface area contributed by atoms with Gasteiger partial charge < -0.3 is 9.47 Å². The van der Waals surface area contributed by atoms with Crippen LogP contribution in [0.4, 0.5) is 5.69 Å². The first kappa shape index (κ1) is 11.8. The van der Waals surface area contributed by atoms with Crippen molar-refractivity contribution in [1.29, 1.82) is 0 Å². The summed E-state index contributed by atoms with van der Waals surface area (Å²) < 4.78 is 2.88. The highest BCUT2D eigenvalue weighted by Crippen LogP contribution is 2.26. The molecule has 0 saturated carbocycles. The maximum Gasteiger partial charge on any atom is 0.124 e. The molecule has 0 N–H and O–H groups in total. The first-order valence-electron chi connectivity index (χ1n) is 6.30. The Balaban J connectivity index is 1.85. The number of rotatable bonds is 2. The Labute approximate surface area is 116 Å². The van der Waals surface area contributed by atoms with Crippen LogP contribution in [0.2, 0.25) is 0 Å². The molecule has 4 heteroatoms. The minimum atomic E-state index is 0.665. The van der Waals surface area contributed by atoms with Crippen molar-refractivity contribution in [1.82, 2.24) is 9.55 Å². The molecule has 0 bridgehead atoms. The average Bonchev–Trinajstić information content (AvgIpc) is 2.98. The molecule has 1 aliphatic heterocycles. The topological polar surface area (TPSA) is 21.1 Å². The number of hydrogen-bond donors (Lipinski definition) is 0. The average molecular weight is 306 g/mol. The van der Waals surface area contributed by atoms with Crippen LogP contribution in [0.1, 0.15) is 19.8 Å². The molecule has 0 spiro atoms. The van der Waals surface area contributed by atoms with E-state index < -0.39 is 0 Å². The van der Waals surface area contributed by atoms with Crippen LogP contribution in [0.5, 0.6) is 0 Å². The third kappa shape index (κ3) is 2.17. The number of imidazole rings is 1. The zero-order valence-electron chi connectivity index (χ0n) is 10.4. The molecule has 94 valence electrons. The lowest BCUT2D eigenvalue weighted by Gasteiger charge is -2.23. The quantitative estimate of drug-likeness (QED) is 0.845. The molecule has 2 aromatic rings. The zero-order valence-corrected chi connectivity index (χ0v) is 12.0. The molecule has 1 saturated heterocycles. The first-order valence-corrected chi connectivity index (χ1v) is 7.10. The number of nitrogens with zero attached hydrogens (tertiary/aromatic N) is 3. The highest BCUT2D eigenvalue weighted by atomic mass is 79.9. The lowest BCUT2D eigenvalue weighted by Crippen LogP contribution is -2.26. The summed E-state index contributed by atoms with van der Waals surface area (Å²) in [5, 5.41) is 0. The molecule has 0 radical (unpaired) electrons. The van der Waals surface area contributed by atoms with Gasteiger partial charge >= 0.3 is 0 Å². The lowest BCUT2D eigenvalue weighted by molar-refractivity contribution is 0.735. The Morgan fingerprint density at radius 3 is 2.50 bits per heavy atom.